The first-order valence-electron chi connectivity index (χ1n) is 10.5. The first-order chi connectivity index (χ1) is 16.9. The molecule has 10 nitrogen and oxygen atoms in total. The molecule has 1 aliphatic rings. The number of amides is 2. The second-order valence-electron chi connectivity index (χ2n) is 7.67. The molecule has 3 aromatic carbocycles. The van der Waals surface area contributed by atoms with Crippen molar-refractivity contribution in [2.24, 2.45) is 0 Å². The summed E-state index contributed by atoms with van der Waals surface area (Å²) in [5, 5.41) is 3.15. The molecule has 176 valence electrons. The normalized spacial score (nSPS) is 13.6. The van der Waals surface area contributed by atoms with Gasteiger partial charge in [0.1, 0.15) is 0 Å². The molecular formula is C24H20N6O4S. The molecule has 1 atom stereocenters. The Balaban J connectivity index is 1.50. The van der Waals surface area contributed by atoms with Crippen LogP contribution in [0.4, 0.5) is 23.0 Å². The van der Waals surface area contributed by atoms with Crippen molar-refractivity contribution in [1.82, 2.24) is 14.9 Å². The highest BCUT2D eigenvalue weighted by Gasteiger charge is 2.32. The van der Waals surface area contributed by atoms with Crippen LogP contribution in [-0.2, 0) is 15.8 Å². The summed E-state index contributed by atoms with van der Waals surface area (Å²) < 4.78 is 16.1. The van der Waals surface area contributed by atoms with E-state index in [1.165, 1.54) is 14.2 Å². The minimum atomic E-state index is -1.67. The van der Waals surface area contributed by atoms with Crippen LogP contribution in [0, 0.1) is 0 Å². The highest BCUT2D eigenvalue weighted by Crippen LogP contribution is 2.30. The van der Waals surface area contributed by atoms with Crippen molar-refractivity contribution in [3.63, 3.8) is 0 Å². The van der Waals surface area contributed by atoms with E-state index in [-0.39, 0.29) is 17.6 Å². The first-order valence-corrected chi connectivity index (χ1v) is 11.7. The molecule has 1 aromatic heterocycles. The van der Waals surface area contributed by atoms with Gasteiger partial charge in [0.25, 0.3) is 11.8 Å². The van der Waals surface area contributed by atoms with Crippen LogP contribution in [0.3, 0.4) is 0 Å². The van der Waals surface area contributed by atoms with Gasteiger partial charge >= 0.3 is 0 Å². The van der Waals surface area contributed by atoms with E-state index in [0.29, 0.717) is 44.2 Å². The van der Waals surface area contributed by atoms with Gasteiger partial charge < -0.3 is 5.32 Å². The summed E-state index contributed by atoms with van der Waals surface area (Å²) >= 11 is 0. The van der Waals surface area contributed by atoms with Gasteiger partial charge in [-0.05, 0) is 48.5 Å². The van der Waals surface area contributed by atoms with Crippen LogP contribution in [0.15, 0.2) is 71.6 Å². The highest BCUT2D eigenvalue weighted by molar-refractivity contribution is 7.86. The van der Waals surface area contributed by atoms with E-state index in [1.807, 2.05) is 18.2 Å². The third-order valence-corrected chi connectivity index (χ3v) is 6.44. The van der Waals surface area contributed by atoms with Crippen LogP contribution >= 0.6 is 0 Å². The number of fused-ring (bicyclic) bond motifs is 2. The lowest BCUT2D eigenvalue weighted by atomic mass is 10.1. The third kappa shape index (κ3) is 4.29. The van der Waals surface area contributed by atoms with Gasteiger partial charge in [-0.3, -0.25) is 29.5 Å². The molecule has 0 fully saturated rings. The molecule has 0 saturated carbocycles. The lowest BCUT2D eigenvalue weighted by molar-refractivity contribution is 0.0693. The highest BCUT2D eigenvalue weighted by atomic mass is 32.2. The molecule has 2 heterocycles. The minimum absolute atomic E-state index is 0.257. The van der Waals surface area contributed by atoms with Crippen LogP contribution in [-0.4, -0.2) is 45.0 Å². The number of aromatic nitrogens is 2. The number of hydrogen-bond acceptors (Lipinski definition) is 8. The zero-order valence-electron chi connectivity index (χ0n) is 18.7. The molecular weight excluding hydrogens is 468 g/mol. The Morgan fingerprint density at radius 1 is 0.829 bits per heavy atom. The van der Waals surface area contributed by atoms with Crippen molar-refractivity contribution < 1.29 is 18.6 Å². The largest absolute Gasteiger partial charge is 0.337 e. The van der Waals surface area contributed by atoms with E-state index in [9.17, 15) is 13.8 Å². The maximum atomic E-state index is 13.1. The number of imide groups is 1. The van der Waals surface area contributed by atoms with Crippen molar-refractivity contribution in [3.05, 3.63) is 77.9 Å². The second kappa shape index (κ2) is 9.12. The van der Waals surface area contributed by atoms with E-state index < -0.39 is 11.0 Å². The SMILES string of the molecule is CONc1cccc(S(=O)Nc2nc3ccccc3nc2Nc2ccc3c(c2)C(=O)N(C)C3=O)c1. The van der Waals surface area contributed by atoms with Gasteiger partial charge in [-0.2, -0.15) is 0 Å². The molecule has 1 aliphatic heterocycles. The quantitative estimate of drug-likeness (QED) is 0.266. The van der Waals surface area contributed by atoms with Gasteiger partial charge in [-0.25, -0.2) is 14.2 Å². The average molecular weight is 489 g/mol. The summed E-state index contributed by atoms with van der Waals surface area (Å²) in [6.07, 6.45) is 0. The lowest BCUT2D eigenvalue weighted by Crippen LogP contribution is -2.24. The van der Waals surface area contributed by atoms with Crippen molar-refractivity contribution in [3.8, 4) is 0 Å². The first kappa shape index (κ1) is 22.4. The van der Waals surface area contributed by atoms with E-state index >= 15 is 0 Å². The molecule has 0 bridgehead atoms. The van der Waals surface area contributed by atoms with Gasteiger partial charge in [0.05, 0.1) is 39.9 Å². The van der Waals surface area contributed by atoms with Crippen molar-refractivity contribution in [2.45, 2.75) is 4.90 Å². The van der Waals surface area contributed by atoms with E-state index in [2.05, 4.69) is 25.5 Å². The Bertz CT molecular complexity index is 1510. The molecule has 3 N–H and O–H groups in total. The summed E-state index contributed by atoms with van der Waals surface area (Å²) in [6, 6.07) is 19.1. The molecule has 1 unspecified atom stereocenters. The van der Waals surface area contributed by atoms with E-state index in [4.69, 9.17) is 4.84 Å². The third-order valence-electron chi connectivity index (χ3n) is 5.38. The van der Waals surface area contributed by atoms with Gasteiger partial charge in [0, 0.05) is 12.7 Å². The number of nitrogens with zero attached hydrogens (tertiary/aromatic N) is 3. The maximum absolute atomic E-state index is 13.1. The summed E-state index contributed by atoms with van der Waals surface area (Å²) in [6.45, 7) is 0. The van der Waals surface area contributed by atoms with Crippen LogP contribution in [0.2, 0.25) is 0 Å². The monoisotopic (exact) mass is 488 g/mol. The number of carbonyl (C=O) groups is 2. The van der Waals surface area contributed by atoms with Gasteiger partial charge in [-0.15, -0.1) is 0 Å². The maximum Gasteiger partial charge on any atom is 0.261 e. The molecule has 0 spiro atoms. The Hall–Kier alpha value is -4.35. The molecule has 0 saturated heterocycles. The molecule has 2 amide bonds. The number of rotatable bonds is 7. The molecule has 0 radical (unpaired) electrons. The van der Waals surface area contributed by atoms with Crippen LogP contribution < -0.4 is 15.5 Å². The molecule has 11 heteroatoms. The predicted molar refractivity (Wildman–Crippen MR) is 133 cm³/mol. The summed E-state index contributed by atoms with van der Waals surface area (Å²) in [5.74, 6) is -0.146. The number of para-hydroxylation sites is 2. The Morgan fingerprint density at radius 2 is 1.54 bits per heavy atom. The molecule has 4 aromatic rings. The van der Waals surface area contributed by atoms with Crippen molar-refractivity contribution in [2.75, 3.05) is 29.7 Å². The fraction of sp³-hybridized carbons (Fsp3) is 0.0833. The Labute approximate surface area is 202 Å². The smallest absolute Gasteiger partial charge is 0.261 e. The summed E-state index contributed by atoms with van der Waals surface area (Å²) in [7, 11) is 1.27. The second-order valence-corrected chi connectivity index (χ2v) is 8.88. The van der Waals surface area contributed by atoms with Crippen LogP contribution in [0.1, 0.15) is 20.7 Å². The number of hydrogen-bond donors (Lipinski definition) is 3. The van der Waals surface area contributed by atoms with Crippen molar-refractivity contribution >= 4 is 56.8 Å². The fourth-order valence-electron chi connectivity index (χ4n) is 3.67. The Kier molecular flexibility index (Phi) is 5.85. The zero-order chi connectivity index (χ0) is 24.5. The molecule has 0 aliphatic carbocycles. The number of nitrogens with one attached hydrogen (secondary N) is 3. The van der Waals surface area contributed by atoms with Gasteiger partial charge in [0.2, 0.25) is 0 Å². The Morgan fingerprint density at radius 3 is 2.29 bits per heavy atom. The minimum Gasteiger partial charge on any atom is -0.337 e. The summed E-state index contributed by atoms with van der Waals surface area (Å²) in [5.41, 5.74) is 5.77. The van der Waals surface area contributed by atoms with E-state index in [1.54, 1.807) is 48.5 Å². The number of anilines is 4. The molecule has 5 rings (SSSR count). The standard InChI is InChI=1S/C24H20N6O4S/c1-30-23(31)17-11-10-14(13-18(17)24(30)32)25-21-22(27-20-9-4-3-8-19(20)26-21)29-35(33)16-7-5-6-15(12-16)28-34-2/h3-13,28H,1-2H3,(H,25,26)(H,27,29). The topological polar surface area (TPSA) is 126 Å². The van der Waals surface area contributed by atoms with Crippen LogP contribution in [0.5, 0.6) is 0 Å². The average Bonchev–Trinajstić information content (AvgIpc) is 3.08. The lowest BCUT2D eigenvalue weighted by Gasteiger charge is -2.14. The van der Waals surface area contributed by atoms with E-state index in [0.717, 1.165) is 4.90 Å². The van der Waals surface area contributed by atoms with Crippen LogP contribution in [0.25, 0.3) is 11.0 Å². The predicted octanol–water partition coefficient (Wildman–Crippen LogP) is 3.71. The zero-order valence-corrected chi connectivity index (χ0v) is 19.6. The number of benzene rings is 3. The summed E-state index contributed by atoms with van der Waals surface area (Å²) in [4.78, 5) is 40.4. The van der Waals surface area contributed by atoms with Gasteiger partial charge in [-0.1, -0.05) is 18.2 Å². The molecule has 35 heavy (non-hydrogen) atoms. The van der Waals surface area contributed by atoms with Crippen molar-refractivity contribution in [1.29, 1.82) is 0 Å². The number of carbonyl (C=O) groups excluding carboxylic acids is 2. The fourth-order valence-corrected chi connectivity index (χ4v) is 4.55. The van der Waals surface area contributed by atoms with Gasteiger partial charge in [0.15, 0.2) is 22.6 Å².